The molecule has 138 valence electrons. The summed E-state index contributed by atoms with van der Waals surface area (Å²) in [6.07, 6.45) is 0. The zero-order valence-electron chi connectivity index (χ0n) is 14.5. The van der Waals surface area contributed by atoms with E-state index in [4.69, 9.17) is 9.47 Å². The van der Waals surface area contributed by atoms with E-state index < -0.39 is 0 Å². The van der Waals surface area contributed by atoms with Crippen molar-refractivity contribution >= 4 is 50.3 Å². The van der Waals surface area contributed by atoms with Gasteiger partial charge < -0.3 is 9.47 Å². The molecule has 0 spiro atoms. The molecule has 1 atom stereocenters. The average molecular weight is 411 g/mol. The van der Waals surface area contributed by atoms with Crippen molar-refractivity contribution < 1.29 is 14.3 Å². The summed E-state index contributed by atoms with van der Waals surface area (Å²) in [6.45, 7) is 2.68. The Morgan fingerprint density at radius 3 is 2.85 bits per heavy atom. The van der Waals surface area contributed by atoms with Crippen molar-refractivity contribution in [1.82, 2.24) is 10.2 Å². The van der Waals surface area contributed by atoms with Gasteiger partial charge in [0, 0.05) is 11.8 Å². The molecule has 7 nitrogen and oxygen atoms in total. The maximum absolute atomic E-state index is 12.4. The largest absolute Gasteiger partial charge is 0.497 e. The van der Waals surface area contributed by atoms with E-state index in [9.17, 15) is 4.79 Å². The number of amides is 1. The number of ether oxygens (including phenoxy) is 2. The number of hydrogen-bond acceptors (Lipinski definition) is 9. The smallest absolute Gasteiger partial charge is 0.239 e. The van der Waals surface area contributed by atoms with E-state index in [0.29, 0.717) is 21.6 Å². The van der Waals surface area contributed by atoms with Crippen molar-refractivity contribution in [3.05, 3.63) is 18.2 Å². The molecular formula is C16H18N4O3S3. The van der Waals surface area contributed by atoms with E-state index in [0.717, 1.165) is 22.2 Å². The number of aromatic nitrogens is 2. The number of anilines is 1. The number of carbonyl (C=O) groups excluding carboxylic acids is 1. The summed E-state index contributed by atoms with van der Waals surface area (Å²) in [5, 5.41) is 11.9. The zero-order valence-corrected chi connectivity index (χ0v) is 17.0. The zero-order chi connectivity index (χ0) is 18.5. The van der Waals surface area contributed by atoms with Crippen LogP contribution < -0.4 is 14.8 Å². The predicted molar refractivity (Wildman–Crippen MR) is 109 cm³/mol. The SMILES string of the molecule is COc1ccc(-c2nnc(NC(=O)C(C)SC3=NCCS3)s2)c(OC)c1. The van der Waals surface area contributed by atoms with Gasteiger partial charge in [0.15, 0.2) is 5.01 Å². The third-order valence-corrected chi connectivity index (χ3v) is 6.67. The highest BCUT2D eigenvalue weighted by molar-refractivity contribution is 8.39. The number of methoxy groups -OCH3 is 2. The van der Waals surface area contributed by atoms with Gasteiger partial charge in [-0.3, -0.25) is 15.1 Å². The van der Waals surface area contributed by atoms with Crippen molar-refractivity contribution in [2.45, 2.75) is 12.2 Å². The minimum absolute atomic E-state index is 0.116. The molecule has 0 saturated heterocycles. The Labute approximate surface area is 164 Å². The summed E-state index contributed by atoms with van der Waals surface area (Å²) in [5.74, 6) is 2.20. The summed E-state index contributed by atoms with van der Waals surface area (Å²) in [7, 11) is 3.19. The van der Waals surface area contributed by atoms with Crippen molar-refractivity contribution in [1.29, 1.82) is 0 Å². The fourth-order valence-electron chi connectivity index (χ4n) is 2.16. The Morgan fingerprint density at radius 2 is 2.15 bits per heavy atom. The molecule has 2 aromatic rings. The molecule has 26 heavy (non-hydrogen) atoms. The molecule has 1 unspecified atom stereocenters. The van der Waals surface area contributed by atoms with Gasteiger partial charge >= 0.3 is 0 Å². The Bertz CT molecular complexity index is 825. The Morgan fingerprint density at radius 1 is 1.31 bits per heavy atom. The normalized spacial score (nSPS) is 14.7. The Kier molecular flexibility index (Phi) is 6.38. The molecular weight excluding hydrogens is 392 g/mol. The molecule has 0 radical (unpaired) electrons. The van der Waals surface area contributed by atoms with Crippen LogP contribution in [0.15, 0.2) is 23.2 Å². The first-order valence-electron chi connectivity index (χ1n) is 7.81. The maximum atomic E-state index is 12.4. The molecule has 0 fully saturated rings. The van der Waals surface area contributed by atoms with Gasteiger partial charge in [0.25, 0.3) is 0 Å². The summed E-state index contributed by atoms with van der Waals surface area (Å²) in [5.41, 5.74) is 0.797. The van der Waals surface area contributed by atoms with Gasteiger partial charge in [0.05, 0.1) is 31.6 Å². The molecule has 1 amide bonds. The lowest BCUT2D eigenvalue weighted by Crippen LogP contribution is -2.23. The van der Waals surface area contributed by atoms with Crippen molar-refractivity contribution in [2.75, 3.05) is 31.8 Å². The molecule has 0 aliphatic carbocycles. The molecule has 0 bridgehead atoms. The van der Waals surface area contributed by atoms with Crippen molar-refractivity contribution in [3.63, 3.8) is 0 Å². The number of hydrogen-bond donors (Lipinski definition) is 1. The van der Waals surface area contributed by atoms with Crippen molar-refractivity contribution in [3.8, 4) is 22.1 Å². The molecule has 1 aromatic heterocycles. The van der Waals surface area contributed by atoms with Gasteiger partial charge in [0.1, 0.15) is 15.9 Å². The van der Waals surface area contributed by atoms with Crippen LogP contribution in [0.4, 0.5) is 5.13 Å². The molecule has 3 rings (SSSR count). The lowest BCUT2D eigenvalue weighted by atomic mass is 10.2. The van der Waals surface area contributed by atoms with Gasteiger partial charge in [-0.1, -0.05) is 34.9 Å². The first kappa shape index (κ1) is 19.0. The van der Waals surface area contributed by atoms with E-state index in [2.05, 4.69) is 20.5 Å². The monoisotopic (exact) mass is 410 g/mol. The molecule has 2 heterocycles. The van der Waals surface area contributed by atoms with Crippen LogP contribution in [0.1, 0.15) is 6.92 Å². The number of carbonyl (C=O) groups is 1. The second kappa shape index (κ2) is 8.74. The van der Waals surface area contributed by atoms with Crippen LogP contribution in [0.5, 0.6) is 11.5 Å². The van der Waals surface area contributed by atoms with Crippen LogP contribution in [-0.2, 0) is 4.79 Å². The fourth-order valence-corrected chi connectivity index (χ4v) is 5.06. The highest BCUT2D eigenvalue weighted by Gasteiger charge is 2.21. The second-order valence-corrected chi connectivity index (χ2v) is 8.87. The number of nitrogens with zero attached hydrogens (tertiary/aromatic N) is 3. The second-order valence-electron chi connectivity index (χ2n) is 5.22. The minimum Gasteiger partial charge on any atom is -0.497 e. The molecule has 1 N–H and O–H groups in total. The molecule has 1 aromatic carbocycles. The number of rotatable bonds is 6. The highest BCUT2D eigenvalue weighted by atomic mass is 32.2. The summed E-state index contributed by atoms with van der Waals surface area (Å²) in [6, 6.07) is 5.47. The van der Waals surface area contributed by atoms with Gasteiger partial charge in [-0.25, -0.2) is 0 Å². The van der Waals surface area contributed by atoms with E-state index in [1.54, 1.807) is 32.0 Å². The van der Waals surface area contributed by atoms with Crippen molar-refractivity contribution in [2.24, 2.45) is 4.99 Å². The lowest BCUT2D eigenvalue weighted by Gasteiger charge is -2.09. The maximum Gasteiger partial charge on any atom is 0.239 e. The molecule has 1 aliphatic heterocycles. The first-order chi connectivity index (χ1) is 12.6. The van der Waals surface area contributed by atoms with Crippen LogP contribution in [0.25, 0.3) is 10.6 Å². The van der Waals surface area contributed by atoms with Gasteiger partial charge in [-0.15, -0.1) is 10.2 Å². The average Bonchev–Trinajstić information content (AvgIpc) is 3.33. The Hall–Kier alpha value is -1.78. The fraction of sp³-hybridized carbons (Fsp3) is 0.375. The number of benzene rings is 1. The first-order valence-corrected chi connectivity index (χ1v) is 10.5. The summed E-state index contributed by atoms with van der Waals surface area (Å²) in [4.78, 5) is 16.7. The van der Waals surface area contributed by atoms with Crippen LogP contribution in [0, 0.1) is 0 Å². The van der Waals surface area contributed by atoms with E-state index in [1.165, 1.54) is 23.1 Å². The minimum atomic E-state index is -0.248. The summed E-state index contributed by atoms with van der Waals surface area (Å²) >= 11 is 4.46. The Balaban J connectivity index is 1.68. The number of aliphatic imine (C=N–C) groups is 1. The predicted octanol–water partition coefficient (Wildman–Crippen LogP) is 3.39. The van der Waals surface area contributed by atoms with Crippen LogP contribution in [-0.4, -0.2) is 52.2 Å². The third kappa shape index (κ3) is 4.49. The van der Waals surface area contributed by atoms with E-state index in [1.807, 2.05) is 19.1 Å². The quantitative estimate of drug-likeness (QED) is 0.781. The number of thioether (sulfide) groups is 2. The molecule has 10 heteroatoms. The topological polar surface area (TPSA) is 85.7 Å². The van der Waals surface area contributed by atoms with Gasteiger partial charge in [-0.05, 0) is 19.1 Å². The lowest BCUT2D eigenvalue weighted by molar-refractivity contribution is -0.115. The van der Waals surface area contributed by atoms with Crippen LogP contribution in [0.3, 0.4) is 0 Å². The van der Waals surface area contributed by atoms with Gasteiger partial charge in [0.2, 0.25) is 11.0 Å². The van der Waals surface area contributed by atoms with E-state index >= 15 is 0 Å². The van der Waals surface area contributed by atoms with Crippen LogP contribution >= 0.6 is 34.9 Å². The van der Waals surface area contributed by atoms with Gasteiger partial charge in [-0.2, -0.15) is 0 Å². The third-order valence-electron chi connectivity index (χ3n) is 3.50. The number of nitrogens with one attached hydrogen (secondary N) is 1. The summed E-state index contributed by atoms with van der Waals surface area (Å²) < 4.78 is 11.6. The standard InChI is InChI=1S/C16H18N4O3S3/c1-9(25-16-17-6-7-24-16)13(21)18-15-20-19-14(26-15)11-5-4-10(22-2)8-12(11)23-3/h4-5,8-9H,6-7H2,1-3H3,(H,18,20,21). The van der Waals surface area contributed by atoms with Crippen LogP contribution in [0.2, 0.25) is 0 Å². The molecule has 0 saturated carbocycles. The highest BCUT2D eigenvalue weighted by Crippen LogP contribution is 2.36. The molecule has 1 aliphatic rings. The van der Waals surface area contributed by atoms with E-state index in [-0.39, 0.29) is 11.2 Å².